The van der Waals surface area contributed by atoms with Crippen LogP contribution in [0.15, 0.2) is 42.5 Å². The quantitative estimate of drug-likeness (QED) is 0.730. The van der Waals surface area contributed by atoms with Crippen molar-refractivity contribution in [2.75, 3.05) is 0 Å². The largest absolute Gasteiger partial charge is 0.478 e. The van der Waals surface area contributed by atoms with Gasteiger partial charge in [-0.2, -0.15) is 0 Å². The van der Waals surface area contributed by atoms with Crippen LogP contribution in [0.2, 0.25) is 0 Å². The van der Waals surface area contributed by atoms with E-state index in [0.29, 0.717) is 5.56 Å². The number of fused-ring (bicyclic) bond motifs is 5. The summed E-state index contributed by atoms with van der Waals surface area (Å²) in [4.78, 5) is 11.7. The molecule has 2 aromatic carbocycles. The summed E-state index contributed by atoms with van der Waals surface area (Å²) in [5.41, 5.74) is 5.61. The lowest BCUT2D eigenvalue weighted by Crippen LogP contribution is -2.19. The molecule has 0 spiro atoms. The van der Waals surface area contributed by atoms with Gasteiger partial charge in [0.25, 0.3) is 0 Å². The molecule has 0 atom stereocenters. The second kappa shape index (κ2) is 4.01. The summed E-state index contributed by atoms with van der Waals surface area (Å²) >= 11 is 0. The molecule has 1 heterocycles. The monoisotopic (exact) mass is 291 g/mol. The first-order chi connectivity index (χ1) is 10.4. The lowest BCUT2D eigenvalue weighted by Gasteiger charge is -2.23. The number of carboxylic acids is 1. The fraction of sp³-hybridized carbons (Fsp3) is 0.211. The minimum absolute atomic E-state index is 0.319. The highest BCUT2D eigenvalue weighted by Gasteiger charge is 2.42. The molecule has 1 N–H and O–H groups in total. The van der Waals surface area contributed by atoms with Crippen LogP contribution in [0.4, 0.5) is 0 Å². The lowest BCUT2D eigenvalue weighted by atomic mass is 9.79. The zero-order valence-electron chi connectivity index (χ0n) is 12.8. The second-order valence-electron chi connectivity index (χ2n) is 6.46. The fourth-order valence-corrected chi connectivity index (χ4v) is 4.07. The number of carbonyl (C=O) groups is 1. The molecular formula is C19H17NO2. The Morgan fingerprint density at radius 1 is 1.05 bits per heavy atom. The summed E-state index contributed by atoms with van der Waals surface area (Å²) < 4.78 is 2.18. The van der Waals surface area contributed by atoms with Crippen molar-refractivity contribution >= 4 is 16.9 Å². The van der Waals surface area contributed by atoms with Crippen LogP contribution in [-0.2, 0) is 12.5 Å². The lowest BCUT2D eigenvalue weighted by molar-refractivity contribution is 0.0694. The van der Waals surface area contributed by atoms with E-state index in [1.807, 2.05) is 24.3 Å². The van der Waals surface area contributed by atoms with E-state index in [2.05, 4.69) is 37.6 Å². The third-order valence-electron chi connectivity index (χ3n) is 4.91. The Morgan fingerprint density at radius 2 is 1.77 bits per heavy atom. The van der Waals surface area contributed by atoms with Crippen molar-refractivity contribution in [3.8, 4) is 11.3 Å². The maximum Gasteiger partial charge on any atom is 0.336 e. The zero-order valence-corrected chi connectivity index (χ0v) is 12.8. The summed E-state index contributed by atoms with van der Waals surface area (Å²) in [6.45, 7) is 4.24. The molecule has 0 saturated carbocycles. The number of hydrogen-bond acceptors (Lipinski definition) is 1. The van der Waals surface area contributed by atoms with E-state index in [9.17, 15) is 9.90 Å². The van der Waals surface area contributed by atoms with Gasteiger partial charge in [0.1, 0.15) is 0 Å². The van der Waals surface area contributed by atoms with E-state index >= 15 is 0 Å². The van der Waals surface area contributed by atoms with Crippen molar-refractivity contribution in [3.63, 3.8) is 0 Å². The van der Waals surface area contributed by atoms with Crippen molar-refractivity contribution in [3.05, 3.63) is 59.2 Å². The summed E-state index contributed by atoms with van der Waals surface area (Å²) in [7, 11) is 2.06. The van der Waals surface area contributed by atoms with Gasteiger partial charge in [-0.3, -0.25) is 0 Å². The molecule has 22 heavy (non-hydrogen) atoms. The molecule has 3 aromatic rings. The SMILES string of the molecule is Cn1c2c(c3ccccc31)C(C)(C)c1c(C(=O)O)cccc1-2. The van der Waals surface area contributed by atoms with Crippen LogP contribution in [0.1, 0.15) is 35.3 Å². The summed E-state index contributed by atoms with van der Waals surface area (Å²) in [6.07, 6.45) is 0. The van der Waals surface area contributed by atoms with Gasteiger partial charge in [-0.15, -0.1) is 0 Å². The number of para-hydroxylation sites is 1. The van der Waals surface area contributed by atoms with E-state index in [1.165, 1.54) is 16.5 Å². The average Bonchev–Trinajstić information content (AvgIpc) is 2.92. The zero-order chi connectivity index (χ0) is 15.6. The molecule has 3 nitrogen and oxygen atoms in total. The Morgan fingerprint density at radius 3 is 2.50 bits per heavy atom. The normalized spacial score (nSPS) is 14.9. The first kappa shape index (κ1) is 13.1. The van der Waals surface area contributed by atoms with E-state index in [-0.39, 0.29) is 5.41 Å². The molecule has 0 fully saturated rings. The minimum atomic E-state index is -0.859. The highest BCUT2D eigenvalue weighted by molar-refractivity contribution is 6.01. The number of aromatic nitrogens is 1. The molecule has 0 saturated heterocycles. The summed E-state index contributed by atoms with van der Waals surface area (Å²) in [5, 5.41) is 10.8. The van der Waals surface area contributed by atoms with E-state index < -0.39 is 5.97 Å². The molecule has 0 amide bonds. The highest BCUT2D eigenvalue weighted by atomic mass is 16.4. The molecule has 0 radical (unpaired) electrons. The molecule has 110 valence electrons. The minimum Gasteiger partial charge on any atom is -0.478 e. The number of hydrogen-bond donors (Lipinski definition) is 1. The van der Waals surface area contributed by atoms with Gasteiger partial charge in [-0.05, 0) is 23.3 Å². The molecule has 4 rings (SSSR count). The van der Waals surface area contributed by atoms with Gasteiger partial charge in [0.15, 0.2) is 0 Å². The Labute approximate surface area is 128 Å². The van der Waals surface area contributed by atoms with Gasteiger partial charge in [-0.1, -0.05) is 44.2 Å². The van der Waals surface area contributed by atoms with Crippen molar-refractivity contribution < 1.29 is 9.90 Å². The number of rotatable bonds is 1. The maximum absolute atomic E-state index is 11.7. The molecule has 0 aliphatic heterocycles. The van der Waals surface area contributed by atoms with E-state index in [1.54, 1.807) is 6.07 Å². The third kappa shape index (κ3) is 1.38. The molecular weight excluding hydrogens is 274 g/mol. The van der Waals surface area contributed by atoms with Gasteiger partial charge in [0.05, 0.1) is 11.3 Å². The molecule has 1 aliphatic rings. The Hall–Kier alpha value is -2.55. The second-order valence-corrected chi connectivity index (χ2v) is 6.46. The number of nitrogens with zero attached hydrogens (tertiary/aromatic N) is 1. The van der Waals surface area contributed by atoms with Crippen molar-refractivity contribution in [2.45, 2.75) is 19.3 Å². The Kier molecular flexibility index (Phi) is 2.39. The molecule has 1 aliphatic carbocycles. The maximum atomic E-state index is 11.7. The number of aromatic carboxylic acids is 1. The van der Waals surface area contributed by atoms with Gasteiger partial charge in [0.2, 0.25) is 0 Å². The molecule has 0 bridgehead atoms. The number of benzene rings is 2. The van der Waals surface area contributed by atoms with Crippen LogP contribution in [0, 0.1) is 0 Å². The molecule has 0 unspecified atom stereocenters. The standard InChI is InChI=1S/C19H17NO2/c1-19(2)15-12(8-6-9-13(15)18(21)22)17-16(19)11-7-4-5-10-14(11)20(17)3/h4-10H,1-3H3,(H,21,22). The van der Waals surface area contributed by atoms with E-state index in [0.717, 1.165) is 16.8 Å². The fourth-order valence-electron chi connectivity index (χ4n) is 4.07. The topological polar surface area (TPSA) is 42.2 Å². The third-order valence-corrected chi connectivity index (χ3v) is 4.91. The van der Waals surface area contributed by atoms with Crippen molar-refractivity contribution in [1.82, 2.24) is 4.57 Å². The van der Waals surface area contributed by atoms with Crippen LogP contribution in [0.3, 0.4) is 0 Å². The Balaban J connectivity index is 2.21. The van der Waals surface area contributed by atoms with Crippen LogP contribution >= 0.6 is 0 Å². The van der Waals surface area contributed by atoms with Crippen LogP contribution in [-0.4, -0.2) is 15.6 Å². The summed E-state index contributed by atoms with van der Waals surface area (Å²) in [6, 6.07) is 13.9. The molecule has 1 aromatic heterocycles. The average molecular weight is 291 g/mol. The molecule has 3 heteroatoms. The van der Waals surface area contributed by atoms with Crippen LogP contribution in [0.25, 0.3) is 22.2 Å². The predicted molar refractivity (Wildman–Crippen MR) is 87.4 cm³/mol. The van der Waals surface area contributed by atoms with Crippen molar-refractivity contribution in [2.24, 2.45) is 7.05 Å². The van der Waals surface area contributed by atoms with Gasteiger partial charge < -0.3 is 9.67 Å². The van der Waals surface area contributed by atoms with Crippen LogP contribution < -0.4 is 0 Å². The predicted octanol–water partition coefficient (Wildman–Crippen LogP) is 4.18. The number of carboxylic acid groups (broad SMARTS) is 1. The van der Waals surface area contributed by atoms with Crippen molar-refractivity contribution in [1.29, 1.82) is 0 Å². The van der Waals surface area contributed by atoms with E-state index in [4.69, 9.17) is 0 Å². The number of aryl methyl sites for hydroxylation is 1. The highest BCUT2D eigenvalue weighted by Crippen LogP contribution is 2.53. The Bertz CT molecular complexity index is 947. The van der Waals surface area contributed by atoms with Gasteiger partial charge >= 0.3 is 5.97 Å². The first-order valence-electron chi connectivity index (χ1n) is 7.39. The first-order valence-corrected chi connectivity index (χ1v) is 7.39. The van der Waals surface area contributed by atoms with Crippen LogP contribution in [0.5, 0.6) is 0 Å². The van der Waals surface area contributed by atoms with Gasteiger partial charge in [-0.25, -0.2) is 4.79 Å². The van der Waals surface area contributed by atoms with Gasteiger partial charge in [0, 0.05) is 28.9 Å². The smallest absolute Gasteiger partial charge is 0.336 e. The summed E-state index contributed by atoms with van der Waals surface area (Å²) in [5.74, 6) is -0.859.